The minimum Gasteiger partial charge on any atom is -0.477 e. The second-order valence-corrected chi connectivity index (χ2v) is 4.45. The van der Waals surface area contributed by atoms with E-state index in [1.807, 2.05) is 0 Å². The van der Waals surface area contributed by atoms with Crippen LogP contribution in [-0.2, 0) is 6.54 Å². The number of carbonyl (C=O) groups is 1. The molecule has 0 unspecified atom stereocenters. The van der Waals surface area contributed by atoms with Crippen molar-refractivity contribution in [1.29, 1.82) is 0 Å². The summed E-state index contributed by atoms with van der Waals surface area (Å²) >= 11 is 0. The number of nitrogens with zero attached hydrogens (tertiary/aromatic N) is 2. The van der Waals surface area contributed by atoms with E-state index in [1.54, 1.807) is 22.9 Å². The van der Waals surface area contributed by atoms with Crippen molar-refractivity contribution in [2.24, 2.45) is 0 Å². The Labute approximate surface area is 110 Å². The van der Waals surface area contributed by atoms with Gasteiger partial charge in [-0.25, -0.2) is 9.78 Å². The Bertz CT molecular complexity index is 661. The third kappa shape index (κ3) is 2.65. The lowest BCUT2D eigenvalue weighted by molar-refractivity contribution is 0.0695. The fourth-order valence-corrected chi connectivity index (χ4v) is 2.08. The van der Waals surface area contributed by atoms with Gasteiger partial charge in [0.05, 0.1) is 5.39 Å². The summed E-state index contributed by atoms with van der Waals surface area (Å²) in [6.45, 7) is 2.77. The highest BCUT2D eigenvalue weighted by Gasteiger charge is 2.14. The lowest BCUT2D eigenvalue weighted by Gasteiger charge is -2.10. The van der Waals surface area contributed by atoms with Gasteiger partial charge < -0.3 is 9.67 Å². The standard InChI is InChI=1S/C14H16N2O3/c1-2-3-4-8-16-9-11(14(18)19)12(17)10-6-5-7-15-13(10)16/h5-7,9H,2-4,8H2,1H3,(H,18,19). The van der Waals surface area contributed by atoms with Crippen LogP contribution in [0.25, 0.3) is 11.0 Å². The fourth-order valence-electron chi connectivity index (χ4n) is 2.08. The van der Waals surface area contributed by atoms with Crippen LogP contribution in [0.3, 0.4) is 0 Å². The summed E-state index contributed by atoms with van der Waals surface area (Å²) < 4.78 is 1.76. The van der Waals surface area contributed by atoms with E-state index < -0.39 is 11.4 Å². The van der Waals surface area contributed by atoms with Gasteiger partial charge in [0, 0.05) is 18.9 Å². The Hall–Kier alpha value is -2.17. The number of aromatic carboxylic acids is 1. The van der Waals surface area contributed by atoms with Crippen LogP contribution in [0.4, 0.5) is 0 Å². The first kappa shape index (κ1) is 13.3. The van der Waals surface area contributed by atoms with Crippen LogP contribution in [0.15, 0.2) is 29.3 Å². The molecule has 0 radical (unpaired) electrons. The highest BCUT2D eigenvalue weighted by molar-refractivity contribution is 5.91. The molecular weight excluding hydrogens is 244 g/mol. The number of hydrogen-bond acceptors (Lipinski definition) is 3. The number of carboxylic acids is 1. The van der Waals surface area contributed by atoms with Crippen molar-refractivity contribution in [3.05, 3.63) is 40.3 Å². The number of aryl methyl sites for hydroxylation is 1. The van der Waals surface area contributed by atoms with E-state index in [-0.39, 0.29) is 5.56 Å². The predicted molar refractivity (Wildman–Crippen MR) is 72.5 cm³/mol. The third-order valence-corrected chi connectivity index (χ3v) is 3.07. The van der Waals surface area contributed by atoms with Gasteiger partial charge >= 0.3 is 5.97 Å². The molecule has 2 aromatic heterocycles. The molecule has 0 aliphatic carbocycles. The molecular formula is C14H16N2O3. The molecule has 19 heavy (non-hydrogen) atoms. The van der Waals surface area contributed by atoms with Crippen LogP contribution < -0.4 is 5.43 Å². The first-order valence-corrected chi connectivity index (χ1v) is 6.36. The summed E-state index contributed by atoms with van der Waals surface area (Å²) in [5, 5.41) is 9.45. The molecule has 2 heterocycles. The second-order valence-electron chi connectivity index (χ2n) is 4.45. The van der Waals surface area contributed by atoms with Crippen LogP contribution in [0, 0.1) is 0 Å². The zero-order valence-electron chi connectivity index (χ0n) is 10.8. The maximum atomic E-state index is 12.0. The molecule has 0 saturated heterocycles. The topological polar surface area (TPSA) is 72.2 Å². The Balaban J connectivity index is 2.58. The average molecular weight is 260 g/mol. The molecule has 0 spiro atoms. The molecule has 0 amide bonds. The van der Waals surface area contributed by atoms with Crippen LogP contribution in [0.5, 0.6) is 0 Å². The van der Waals surface area contributed by atoms with Gasteiger partial charge in [-0.1, -0.05) is 19.8 Å². The highest BCUT2D eigenvalue weighted by atomic mass is 16.4. The van der Waals surface area contributed by atoms with Crippen molar-refractivity contribution in [2.75, 3.05) is 0 Å². The SMILES string of the molecule is CCCCCn1cc(C(=O)O)c(=O)c2cccnc21. The normalized spacial score (nSPS) is 10.8. The molecule has 5 heteroatoms. The van der Waals surface area contributed by atoms with Crippen molar-refractivity contribution < 1.29 is 9.90 Å². The number of hydrogen-bond donors (Lipinski definition) is 1. The first-order chi connectivity index (χ1) is 9.15. The number of unbranched alkanes of at least 4 members (excludes halogenated alkanes) is 2. The minimum atomic E-state index is -1.19. The van der Waals surface area contributed by atoms with E-state index in [0.717, 1.165) is 19.3 Å². The maximum Gasteiger partial charge on any atom is 0.341 e. The van der Waals surface area contributed by atoms with E-state index >= 15 is 0 Å². The summed E-state index contributed by atoms with van der Waals surface area (Å²) in [5.74, 6) is -1.19. The summed E-state index contributed by atoms with van der Waals surface area (Å²) in [4.78, 5) is 27.3. The van der Waals surface area contributed by atoms with E-state index in [0.29, 0.717) is 17.6 Å². The van der Waals surface area contributed by atoms with E-state index in [9.17, 15) is 9.59 Å². The van der Waals surface area contributed by atoms with Gasteiger partial charge in [0.2, 0.25) is 5.43 Å². The van der Waals surface area contributed by atoms with E-state index in [4.69, 9.17) is 5.11 Å². The molecule has 100 valence electrons. The monoisotopic (exact) mass is 260 g/mol. The molecule has 1 N–H and O–H groups in total. The molecule has 2 rings (SSSR count). The van der Waals surface area contributed by atoms with Gasteiger partial charge in [0.15, 0.2) is 0 Å². The van der Waals surface area contributed by atoms with Gasteiger partial charge in [-0.05, 0) is 18.6 Å². The molecule has 0 aromatic carbocycles. The number of pyridine rings is 2. The Morgan fingerprint density at radius 1 is 1.42 bits per heavy atom. The van der Waals surface area contributed by atoms with Crippen LogP contribution in [0.2, 0.25) is 0 Å². The van der Waals surface area contributed by atoms with Crippen LogP contribution >= 0.6 is 0 Å². The highest BCUT2D eigenvalue weighted by Crippen LogP contribution is 2.10. The summed E-state index contributed by atoms with van der Waals surface area (Å²) in [6.07, 6.45) is 6.08. The molecule has 0 aliphatic heterocycles. The quantitative estimate of drug-likeness (QED) is 0.837. The van der Waals surface area contributed by atoms with E-state index in [2.05, 4.69) is 11.9 Å². The number of carboxylic acid groups (broad SMARTS) is 1. The second kappa shape index (κ2) is 5.65. The lowest BCUT2D eigenvalue weighted by Crippen LogP contribution is -2.19. The van der Waals surface area contributed by atoms with Gasteiger partial charge in [0.25, 0.3) is 0 Å². The molecule has 2 aromatic rings. The number of aromatic nitrogens is 2. The van der Waals surface area contributed by atoms with Crippen molar-refractivity contribution >= 4 is 17.0 Å². The number of fused-ring (bicyclic) bond motifs is 1. The predicted octanol–water partition coefficient (Wildman–Crippen LogP) is 2.28. The first-order valence-electron chi connectivity index (χ1n) is 6.36. The molecule has 0 aliphatic rings. The van der Waals surface area contributed by atoms with Gasteiger partial charge in [-0.2, -0.15) is 0 Å². The third-order valence-electron chi connectivity index (χ3n) is 3.07. The molecule has 0 fully saturated rings. The van der Waals surface area contributed by atoms with Crippen molar-refractivity contribution in [1.82, 2.24) is 9.55 Å². The maximum absolute atomic E-state index is 12.0. The Morgan fingerprint density at radius 2 is 2.21 bits per heavy atom. The van der Waals surface area contributed by atoms with E-state index in [1.165, 1.54) is 6.20 Å². The zero-order valence-corrected chi connectivity index (χ0v) is 10.8. The van der Waals surface area contributed by atoms with Crippen molar-refractivity contribution in [3.63, 3.8) is 0 Å². The Morgan fingerprint density at radius 3 is 2.89 bits per heavy atom. The summed E-state index contributed by atoms with van der Waals surface area (Å²) in [6, 6.07) is 3.26. The minimum absolute atomic E-state index is 0.197. The van der Waals surface area contributed by atoms with Gasteiger partial charge in [-0.3, -0.25) is 4.79 Å². The lowest BCUT2D eigenvalue weighted by atomic mass is 10.2. The number of rotatable bonds is 5. The zero-order chi connectivity index (χ0) is 13.8. The molecule has 0 atom stereocenters. The molecule has 5 nitrogen and oxygen atoms in total. The summed E-state index contributed by atoms with van der Waals surface area (Å²) in [5.41, 5.74) is -0.118. The van der Waals surface area contributed by atoms with Crippen LogP contribution in [-0.4, -0.2) is 20.6 Å². The van der Waals surface area contributed by atoms with Crippen molar-refractivity contribution in [2.45, 2.75) is 32.7 Å². The fraction of sp³-hybridized carbons (Fsp3) is 0.357. The van der Waals surface area contributed by atoms with Crippen LogP contribution in [0.1, 0.15) is 36.5 Å². The van der Waals surface area contributed by atoms with Gasteiger partial charge in [-0.15, -0.1) is 0 Å². The Kier molecular flexibility index (Phi) is 3.94. The average Bonchev–Trinajstić information content (AvgIpc) is 2.41. The van der Waals surface area contributed by atoms with Gasteiger partial charge in [0.1, 0.15) is 11.2 Å². The van der Waals surface area contributed by atoms with Crippen molar-refractivity contribution in [3.8, 4) is 0 Å². The molecule has 0 saturated carbocycles. The smallest absolute Gasteiger partial charge is 0.341 e. The molecule has 0 bridgehead atoms. The largest absolute Gasteiger partial charge is 0.477 e. The summed E-state index contributed by atoms with van der Waals surface area (Å²) in [7, 11) is 0.